The molecule has 2 fully saturated rings. The number of nitrogens with two attached hydrogens (primary N) is 1. The Kier molecular flexibility index (Phi) is 4.49. The van der Waals surface area contributed by atoms with Crippen LogP contribution in [0, 0.1) is 5.92 Å². The molecule has 2 N–H and O–H groups in total. The van der Waals surface area contributed by atoms with Crippen LogP contribution >= 0.6 is 0 Å². The molecule has 1 atom stereocenters. The summed E-state index contributed by atoms with van der Waals surface area (Å²) in [6.07, 6.45) is 3.08. The standard InChI is InChI=1S/C18H24N2O4/c1-23-13-5-6-14(15(10-13)24-2)16(21)12-4-3-9-20(11-12)17(22)18(19)7-8-18/h5-6,10,12H,3-4,7-9,11,19H2,1-2H3. The van der Waals surface area contributed by atoms with Crippen molar-refractivity contribution in [3.63, 3.8) is 0 Å². The summed E-state index contributed by atoms with van der Waals surface area (Å²) < 4.78 is 10.5. The predicted molar refractivity (Wildman–Crippen MR) is 89.3 cm³/mol. The fourth-order valence-electron chi connectivity index (χ4n) is 3.26. The van der Waals surface area contributed by atoms with Crippen LogP contribution in [-0.2, 0) is 4.79 Å². The lowest BCUT2D eigenvalue weighted by atomic mass is 9.89. The van der Waals surface area contributed by atoms with Gasteiger partial charge in [-0.15, -0.1) is 0 Å². The Balaban J connectivity index is 1.76. The molecule has 1 aromatic carbocycles. The minimum absolute atomic E-state index is 0.00821. The molecule has 0 bridgehead atoms. The Bertz CT molecular complexity index is 654. The van der Waals surface area contributed by atoms with E-state index in [4.69, 9.17) is 15.2 Å². The fraction of sp³-hybridized carbons (Fsp3) is 0.556. The van der Waals surface area contributed by atoms with Crippen molar-refractivity contribution in [2.75, 3.05) is 27.3 Å². The molecule has 0 radical (unpaired) electrons. The quantitative estimate of drug-likeness (QED) is 0.829. The number of carbonyl (C=O) groups is 2. The lowest BCUT2D eigenvalue weighted by Gasteiger charge is -2.34. The number of Topliss-reactive ketones (excluding diaryl/α,β-unsaturated/α-hetero) is 1. The number of amides is 1. The third-order valence-corrected chi connectivity index (χ3v) is 4.97. The number of likely N-dealkylation sites (tertiary alicyclic amines) is 1. The number of piperidine rings is 1. The lowest BCUT2D eigenvalue weighted by Crippen LogP contribution is -2.50. The monoisotopic (exact) mass is 332 g/mol. The minimum Gasteiger partial charge on any atom is -0.497 e. The zero-order chi connectivity index (χ0) is 17.3. The predicted octanol–water partition coefficient (Wildman–Crippen LogP) is 1.62. The van der Waals surface area contributed by atoms with E-state index >= 15 is 0 Å². The van der Waals surface area contributed by atoms with Crippen molar-refractivity contribution in [1.82, 2.24) is 4.90 Å². The van der Waals surface area contributed by atoms with Crippen molar-refractivity contribution in [3.05, 3.63) is 23.8 Å². The molecule has 1 saturated heterocycles. The molecule has 0 spiro atoms. The first kappa shape index (κ1) is 16.8. The van der Waals surface area contributed by atoms with Gasteiger partial charge in [0.1, 0.15) is 11.5 Å². The third kappa shape index (κ3) is 3.11. The number of ether oxygens (including phenoxy) is 2. The molecular weight excluding hydrogens is 308 g/mol. The summed E-state index contributed by atoms with van der Waals surface area (Å²) in [7, 11) is 3.11. The Hall–Kier alpha value is -2.08. The van der Waals surface area contributed by atoms with Gasteiger partial charge >= 0.3 is 0 Å². The number of nitrogens with zero attached hydrogens (tertiary/aromatic N) is 1. The molecule has 0 aromatic heterocycles. The molecule has 1 aromatic rings. The number of carbonyl (C=O) groups excluding carboxylic acids is 2. The summed E-state index contributed by atoms with van der Waals surface area (Å²) in [5.41, 5.74) is 5.88. The summed E-state index contributed by atoms with van der Waals surface area (Å²) in [5, 5.41) is 0. The highest BCUT2D eigenvalue weighted by Gasteiger charge is 2.49. The number of rotatable bonds is 5. The van der Waals surface area contributed by atoms with Gasteiger partial charge in [0.2, 0.25) is 5.91 Å². The molecule has 1 saturated carbocycles. The summed E-state index contributed by atoms with van der Waals surface area (Å²) >= 11 is 0. The second kappa shape index (κ2) is 6.43. The normalized spacial score (nSPS) is 22.0. The van der Waals surface area contributed by atoms with Crippen molar-refractivity contribution in [3.8, 4) is 11.5 Å². The van der Waals surface area contributed by atoms with E-state index in [1.807, 2.05) is 0 Å². The first-order valence-electron chi connectivity index (χ1n) is 8.33. The largest absolute Gasteiger partial charge is 0.497 e. The number of ketones is 1. The number of benzene rings is 1. The summed E-state index contributed by atoms with van der Waals surface area (Å²) in [6.45, 7) is 1.12. The summed E-state index contributed by atoms with van der Waals surface area (Å²) in [6, 6.07) is 5.19. The summed E-state index contributed by atoms with van der Waals surface area (Å²) in [4.78, 5) is 27.1. The zero-order valence-corrected chi connectivity index (χ0v) is 14.2. The van der Waals surface area contributed by atoms with E-state index in [9.17, 15) is 9.59 Å². The van der Waals surface area contributed by atoms with Crippen LogP contribution in [0.3, 0.4) is 0 Å². The second-order valence-electron chi connectivity index (χ2n) is 6.68. The molecule has 1 aliphatic carbocycles. The second-order valence-corrected chi connectivity index (χ2v) is 6.68. The van der Waals surface area contributed by atoms with Gasteiger partial charge in [-0.2, -0.15) is 0 Å². The van der Waals surface area contributed by atoms with Crippen LogP contribution in [0.15, 0.2) is 18.2 Å². The van der Waals surface area contributed by atoms with E-state index in [2.05, 4.69) is 0 Å². The van der Waals surface area contributed by atoms with Gasteiger partial charge in [-0.1, -0.05) is 0 Å². The molecule has 24 heavy (non-hydrogen) atoms. The zero-order valence-electron chi connectivity index (χ0n) is 14.2. The van der Waals surface area contributed by atoms with E-state index < -0.39 is 5.54 Å². The van der Waals surface area contributed by atoms with Gasteiger partial charge in [-0.05, 0) is 37.8 Å². The van der Waals surface area contributed by atoms with E-state index in [-0.39, 0.29) is 17.6 Å². The van der Waals surface area contributed by atoms with E-state index in [1.54, 1.807) is 30.2 Å². The SMILES string of the molecule is COc1ccc(C(=O)C2CCCN(C(=O)C3(N)CC3)C2)c(OC)c1. The Labute approximate surface area is 141 Å². The highest BCUT2D eigenvalue weighted by atomic mass is 16.5. The number of methoxy groups -OCH3 is 2. The third-order valence-electron chi connectivity index (χ3n) is 4.97. The van der Waals surface area contributed by atoms with Gasteiger partial charge in [0.05, 0.1) is 25.3 Å². The molecule has 1 heterocycles. The highest BCUT2D eigenvalue weighted by molar-refractivity contribution is 6.01. The van der Waals surface area contributed by atoms with Crippen LogP contribution < -0.4 is 15.2 Å². The average Bonchev–Trinajstić information content (AvgIpc) is 3.38. The van der Waals surface area contributed by atoms with Gasteiger partial charge < -0.3 is 20.1 Å². The van der Waals surface area contributed by atoms with Crippen molar-refractivity contribution in [2.45, 2.75) is 31.2 Å². The topological polar surface area (TPSA) is 81.9 Å². The van der Waals surface area contributed by atoms with Crippen LogP contribution in [0.1, 0.15) is 36.0 Å². The Morgan fingerprint density at radius 3 is 2.62 bits per heavy atom. The van der Waals surface area contributed by atoms with Crippen LogP contribution in [0.25, 0.3) is 0 Å². The number of hydrogen-bond donors (Lipinski definition) is 1. The van der Waals surface area contributed by atoms with Crippen molar-refractivity contribution in [1.29, 1.82) is 0 Å². The van der Waals surface area contributed by atoms with Gasteiger partial charge in [0.25, 0.3) is 0 Å². The van der Waals surface area contributed by atoms with Gasteiger partial charge in [-0.25, -0.2) is 0 Å². The minimum atomic E-state index is -0.678. The smallest absolute Gasteiger partial charge is 0.242 e. The lowest BCUT2D eigenvalue weighted by molar-refractivity contribution is -0.135. The first-order chi connectivity index (χ1) is 11.5. The molecule has 6 nitrogen and oxygen atoms in total. The molecule has 6 heteroatoms. The van der Waals surface area contributed by atoms with E-state index in [1.165, 1.54) is 7.11 Å². The van der Waals surface area contributed by atoms with Crippen molar-refractivity contribution >= 4 is 11.7 Å². The Morgan fingerprint density at radius 1 is 1.25 bits per heavy atom. The molecular formula is C18H24N2O4. The highest BCUT2D eigenvalue weighted by Crippen LogP contribution is 2.36. The first-order valence-corrected chi connectivity index (χ1v) is 8.33. The van der Waals surface area contributed by atoms with Gasteiger partial charge in [-0.3, -0.25) is 9.59 Å². The average molecular weight is 332 g/mol. The fourth-order valence-corrected chi connectivity index (χ4v) is 3.26. The van der Waals surface area contributed by atoms with Gasteiger partial charge in [0.15, 0.2) is 5.78 Å². The van der Waals surface area contributed by atoms with E-state index in [0.29, 0.717) is 30.2 Å². The molecule has 2 aliphatic rings. The van der Waals surface area contributed by atoms with Crippen LogP contribution in [0.2, 0.25) is 0 Å². The van der Waals surface area contributed by atoms with Gasteiger partial charge in [0, 0.05) is 25.1 Å². The Morgan fingerprint density at radius 2 is 2.00 bits per heavy atom. The van der Waals surface area contributed by atoms with Crippen molar-refractivity contribution in [2.24, 2.45) is 11.7 Å². The van der Waals surface area contributed by atoms with Crippen LogP contribution in [0.5, 0.6) is 11.5 Å². The van der Waals surface area contributed by atoms with Crippen LogP contribution in [0.4, 0.5) is 0 Å². The maximum Gasteiger partial charge on any atom is 0.242 e. The summed E-state index contributed by atoms with van der Waals surface area (Å²) in [5.74, 6) is 0.922. The van der Waals surface area contributed by atoms with Crippen molar-refractivity contribution < 1.29 is 19.1 Å². The maximum atomic E-state index is 12.9. The molecule has 130 valence electrons. The molecule has 1 unspecified atom stereocenters. The number of hydrogen-bond acceptors (Lipinski definition) is 5. The maximum absolute atomic E-state index is 12.9. The van der Waals surface area contributed by atoms with Crippen LogP contribution in [-0.4, -0.2) is 49.4 Å². The van der Waals surface area contributed by atoms with E-state index in [0.717, 1.165) is 25.7 Å². The molecule has 3 rings (SSSR count). The molecule has 1 aliphatic heterocycles. The molecule has 1 amide bonds.